The topological polar surface area (TPSA) is 42.0 Å². The molecule has 3 nitrogen and oxygen atoms in total. The standard InChI is InChI=1S/C21H22F2N2OS/c22-16-2-1-15(6-17(16)23)18-11-27-20(24-18)25-19(26)10-21-7-12-3-13(8-21)5-14(4-12)9-21/h1-2,6,11-14H,3-5,7-10H2,(H,24,25,26). The van der Waals surface area contributed by atoms with Crippen LogP contribution in [-0.2, 0) is 4.79 Å². The summed E-state index contributed by atoms with van der Waals surface area (Å²) < 4.78 is 26.5. The monoisotopic (exact) mass is 388 g/mol. The summed E-state index contributed by atoms with van der Waals surface area (Å²) in [7, 11) is 0. The van der Waals surface area contributed by atoms with Crippen LogP contribution >= 0.6 is 11.3 Å². The van der Waals surface area contributed by atoms with E-state index < -0.39 is 11.6 Å². The van der Waals surface area contributed by atoms with Crippen LogP contribution in [0.25, 0.3) is 11.3 Å². The molecule has 4 bridgehead atoms. The van der Waals surface area contributed by atoms with Crippen molar-refractivity contribution in [2.45, 2.75) is 44.9 Å². The number of thiazole rings is 1. The molecule has 1 aromatic carbocycles. The molecule has 6 rings (SSSR count). The lowest BCUT2D eigenvalue weighted by atomic mass is 9.49. The molecule has 0 unspecified atom stereocenters. The molecule has 0 saturated heterocycles. The van der Waals surface area contributed by atoms with E-state index in [-0.39, 0.29) is 11.3 Å². The second-order valence-corrected chi connectivity index (χ2v) is 9.67. The fourth-order valence-electron chi connectivity index (χ4n) is 6.13. The van der Waals surface area contributed by atoms with Crippen molar-refractivity contribution in [2.24, 2.45) is 23.2 Å². The SMILES string of the molecule is O=C(CC12CC3CC(CC(C3)C1)C2)Nc1nc(-c2ccc(F)c(F)c2)cs1. The lowest BCUT2D eigenvalue weighted by Gasteiger charge is -2.56. The van der Waals surface area contributed by atoms with Gasteiger partial charge in [0, 0.05) is 17.4 Å². The number of rotatable bonds is 4. The van der Waals surface area contributed by atoms with Gasteiger partial charge in [-0.2, -0.15) is 0 Å². The molecule has 4 aliphatic carbocycles. The Labute approximate surface area is 161 Å². The number of anilines is 1. The minimum Gasteiger partial charge on any atom is -0.302 e. The van der Waals surface area contributed by atoms with E-state index in [0.29, 0.717) is 22.8 Å². The number of benzene rings is 1. The Balaban J connectivity index is 1.27. The van der Waals surface area contributed by atoms with E-state index in [0.717, 1.165) is 29.9 Å². The van der Waals surface area contributed by atoms with E-state index in [1.54, 1.807) is 5.38 Å². The first-order valence-electron chi connectivity index (χ1n) is 9.69. The minimum absolute atomic E-state index is 0.0307. The molecule has 1 amide bonds. The molecule has 4 aliphatic rings. The Morgan fingerprint density at radius 3 is 2.41 bits per heavy atom. The smallest absolute Gasteiger partial charge is 0.226 e. The first-order valence-corrected chi connectivity index (χ1v) is 10.6. The second kappa shape index (κ2) is 6.36. The summed E-state index contributed by atoms with van der Waals surface area (Å²) in [4.78, 5) is 17.1. The Morgan fingerprint density at radius 2 is 1.78 bits per heavy atom. The number of nitrogens with one attached hydrogen (secondary N) is 1. The van der Waals surface area contributed by atoms with Crippen molar-refractivity contribution in [3.8, 4) is 11.3 Å². The average molecular weight is 388 g/mol. The Morgan fingerprint density at radius 1 is 1.11 bits per heavy atom. The molecule has 4 fully saturated rings. The summed E-state index contributed by atoms with van der Waals surface area (Å²) in [5.41, 5.74) is 1.25. The third kappa shape index (κ3) is 3.28. The van der Waals surface area contributed by atoms with Gasteiger partial charge in [0.05, 0.1) is 5.69 Å². The molecule has 2 aromatic rings. The largest absolute Gasteiger partial charge is 0.302 e. The van der Waals surface area contributed by atoms with Crippen LogP contribution in [0.1, 0.15) is 44.9 Å². The number of carbonyl (C=O) groups is 1. The van der Waals surface area contributed by atoms with Crippen molar-refractivity contribution in [3.05, 3.63) is 35.2 Å². The number of amides is 1. The number of aromatic nitrogens is 1. The van der Waals surface area contributed by atoms with E-state index >= 15 is 0 Å². The van der Waals surface area contributed by atoms with Crippen molar-refractivity contribution >= 4 is 22.4 Å². The zero-order valence-corrected chi connectivity index (χ0v) is 15.8. The Bertz CT molecular complexity index is 859. The zero-order chi connectivity index (χ0) is 18.6. The van der Waals surface area contributed by atoms with Crippen molar-refractivity contribution in [1.29, 1.82) is 0 Å². The van der Waals surface area contributed by atoms with E-state index in [4.69, 9.17) is 0 Å². The van der Waals surface area contributed by atoms with Crippen LogP contribution in [-0.4, -0.2) is 10.9 Å². The zero-order valence-electron chi connectivity index (χ0n) is 15.0. The molecule has 142 valence electrons. The van der Waals surface area contributed by atoms with Gasteiger partial charge in [0.1, 0.15) is 0 Å². The first-order chi connectivity index (χ1) is 13.0. The lowest BCUT2D eigenvalue weighted by molar-refractivity contribution is -0.124. The maximum Gasteiger partial charge on any atom is 0.226 e. The highest BCUT2D eigenvalue weighted by molar-refractivity contribution is 7.14. The summed E-state index contributed by atoms with van der Waals surface area (Å²) in [5, 5.41) is 5.21. The van der Waals surface area contributed by atoms with E-state index in [1.807, 2.05) is 0 Å². The van der Waals surface area contributed by atoms with E-state index in [9.17, 15) is 13.6 Å². The molecule has 0 atom stereocenters. The molecule has 0 aliphatic heterocycles. The van der Waals surface area contributed by atoms with Gasteiger partial charge in [0.15, 0.2) is 16.8 Å². The number of nitrogens with zero attached hydrogens (tertiary/aromatic N) is 1. The highest BCUT2D eigenvalue weighted by Crippen LogP contribution is 2.61. The van der Waals surface area contributed by atoms with Crippen LogP contribution in [0, 0.1) is 34.8 Å². The Kier molecular flexibility index (Phi) is 4.08. The van der Waals surface area contributed by atoms with E-state index in [2.05, 4.69) is 10.3 Å². The van der Waals surface area contributed by atoms with Gasteiger partial charge in [-0.15, -0.1) is 11.3 Å². The van der Waals surface area contributed by atoms with Crippen molar-refractivity contribution in [2.75, 3.05) is 5.32 Å². The van der Waals surface area contributed by atoms with Crippen molar-refractivity contribution in [1.82, 2.24) is 4.98 Å². The molecular formula is C21H22F2N2OS. The summed E-state index contributed by atoms with van der Waals surface area (Å²) in [6.07, 6.45) is 8.27. The van der Waals surface area contributed by atoms with Gasteiger partial charge in [-0.1, -0.05) is 0 Å². The fraction of sp³-hybridized carbons (Fsp3) is 0.524. The van der Waals surface area contributed by atoms with Crippen LogP contribution in [0.3, 0.4) is 0 Å². The third-order valence-corrected chi connectivity index (χ3v) is 7.42. The van der Waals surface area contributed by atoms with Crippen molar-refractivity contribution < 1.29 is 13.6 Å². The number of carbonyl (C=O) groups excluding carboxylic acids is 1. The lowest BCUT2D eigenvalue weighted by Crippen LogP contribution is -2.47. The molecule has 1 N–H and O–H groups in total. The summed E-state index contributed by atoms with van der Waals surface area (Å²) in [6, 6.07) is 3.72. The highest BCUT2D eigenvalue weighted by Gasteiger charge is 2.51. The van der Waals surface area contributed by atoms with E-state index in [1.165, 1.54) is 55.9 Å². The summed E-state index contributed by atoms with van der Waals surface area (Å²) >= 11 is 1.32. The van der Waals surface area contributed by atoms with Gasteiger partial charge in [0.25, 0.3) is 0 Å². The maximum absolute atomic E-state index is 13.4. The minimum atomic E-state index is -0.895. The van der Waals surface area contributed by atoms with Crippen molar-refractivity contribution in [3.63, 3.8) is 0 Å². The molecule has 1 aromatic heterocycles. The van der Waals surface area contributed by atoms with Crippen LogP contribution in [0.2, 0.25) is 0 Å². The van der Waals surface area contributed by atoms with Gasteiger partial charge in [-0.3, -0.25) is 4.79 Å². The quantitative estimate of drug-likeness (QED) is 0.737. The maximum atomic E-state index is 13.4. The summed E-state index contributed by atoms with van der Waals surface area (Å²) in [5.74, 6) is 0.728. The second-order valence-electron chi connectivity index (χ2n) is 8.81. The van der Waals surface area contributed by atoms with Gasteiger partial charge in [-0.25, -0.2) is 13.8 Å². The van der Waals surface area contributed by atoms with Crippen LogP contribution in [0.4, 0.5) is 13.9 Å². The fourth-order valence-corrected chi connectivity index (χ4v) is 6.87. The molecule has 0 radical (unpaired) electrons. The average Bonchev–Trinajstić information content (AvgIpc) is 3.03. The molecular weight excluding hydrogens is 366 g/mol. The third-order valence-electron chi connectivity index (χ3n) is 6.67. The number of hydrogen-bond acceptors (Lipinski definition) is 3. The number of hydrogen-bond donors (Lipinski definition) is 1. The van der Waals surface area contributed by atoms with Gasteiger partial charge in [-0.05, 0) is 79.9 Å². The number of halogens is 2. The molecule has 6 heteroatoms. The van der Waals surface area contributed by atoms with Crippen LogP contribution < -0.4 is 5.32 Å². The predicted octanol–water partition coefficient (Wildman–Crippen LogP) is 5.63. The summed E-state index contributed by atoms with van der Waals surface area (Å²) in [6.45, 7) is 0. The predicted molar refractivity (Wildman–Crippen MR) is 101 cm³/mol. The van der Waals surface area contributed by atoms with Gasteiger partial charge < -0.3 is 5.32 Å². The Hall–Kier alpha value is -1.82. The normalized spacial score (nSPS) is 31.3. The molecule has 0 spiro atoms. The van der Waals surface area contributed by atoms with Crippen LogP contribution in [0.15, 0.2) is 23.6 Å². The highest BCUT2D eigenvalue weighted by atomic mass is 32.1. The van der Waals surface area contributed by atoms with Gasteiger partial charge in [0.2, 0.25) is 5.91 Å². The van der Waals surface area contributed by atoms with Crippen LogP contribution in [0.5, 0.6) is 0 Å². The molecule has 27 heavy (non-hydrogen) atoms. The molecule has 1 heterocycles. The first kappa shape index (κ1) is 17.3. The van der Waals surface area contributed by atoms with Gasteiger partial charge >= 0.3 is 0 Å². The molecule has 4 saturated carbocycles.